The zero-order chi connectivity index (χ0) is 13.4. The molecule has 2 N–H and O–H groups in total. The second-order valence-corrected chi connectivity index (χ2v) is 5.27. The van der Waals surface area contributed by atoms with Crippen LogP contribution in [0.2, 0.25) is 0 Å². The number of carbonyl (C=O) groups is 1. The molecule has 0 saturated carbocycles. The summed E-state index contributed by atoms with van der Waals surface area (Å²) in [6.45, 7) is 6.33. The van der Waals surface area contributed by atoms with E-state index in [-0.39, 0.29) is 18.3 Å². The number of rotatable bonds is 8. The zero-order valence-corrected chi connectivity index (χ0v) is 13.4. The molecule has 0 bridgehead atoms. The summed E-state index contributed by atoms with van der Waals surface area (Å²) in [5.74, 6) is 0.0489. The van der Waals surface area contributed by atoms with Crippen molar-refractivity contribution in [1.29, 1.82) is 0 Å². The third-order valence-electron chi connectivity index (χ3n) is 2.80. The summed E-state index contributed by atoms with van der Waals surface area (Å²) in [5.41, 5.74) is 6.07. The molecule has 6 heteroatoms. The zero-order valence-electron chi connectivity index (χ0n) is 11.7. The van der Waals surface area contributed by atoms with Gasteiger partial charge in [-0.2, -0.15) is 0 Å². The first kappa shape index (κ1) is 18.4. The number of nitrogens with two attached hydrogens (primary N) is 1. The van der Waals surface area contributed by atoms with E-state index in [1.807, 2.05) is 10.3 Å². The van der Waals surface area contributed by atoms with Crippen LogP contribution in [0, 0.1) is 0 Å². The molecule has 1 aromatic heterocycles. The molecule has 1 amide bonds. The van der Waals surface area contributed by atoms with Gasteiger partial charge in [0.05, 0.1) is 0 Å². The largest absolute Gasteiger partial charge is 0.337 e. The topological polar surface area (TPSA) is 59.2 Å². The number of thiazole rings is 1. The van der Waals surface area contributed by atoms with Gasteiger partial charge in [-0.3, -0.25) is 4.79 Å². The lowest BCUT2D eigenvalue weighted by Gasteiger charge is -2.21. The van der Waals surface area contributed by atoms with Crippen molar-refractivity contribution in [1.82, 2.24) is 9.88 Å². The summed E-state index contributed by atoms with van der Waals surface area (Å²) in [6.07, 6.45) is 4.29. The maximum Gasteiger partial charge on any atom is 0.273 e. The number of halogens is 1. The molecule has 0 aromatic carbocycles. The van der Waals surface area contributed by atoms with Gasteiger partial charge in [0.1, 0.15) is 10.7 Å². The predicted octanol–water partition coefficient (Wildman–Crippen LogP) is 3.07. The van der Waals surface area contributed by atoms with Crippen molar-refractivity contribution in [3.05, 3.63) is 16.1 Å². The molecule has 0 aliphatic rings. The van der Waals surface area contributed by atoms with E-state index in [4.69, 9.17) is 5.73 Å². The Morgan fingerprint density at radius 2 is 1.89 bits per heavy atom. The Labute approximate surface area is 125 Å². The number of carbonyl (C=O) groups excluding carboxylic acids is 1. The van der Waals surface area contributed by atoms with Gasteiger partial charge in [0.2, 0.25) is 0 Å². The molecular weight excluding hydrogens is 282 g/mol. The molecule has 4 nitrogen and oxygen atoms in total. The lowest BCUT2D eigenvalue weighted by atomic mass is 10.2. The molecule has 0 saturated heterocycles. The number of amides is 1. The van der Waals surface area contributed by atoms with Gasteiger partial charge >= 0.3 is 0 Å². The van der Waals surface area contributed by atoms with Gasteiger partial charge < -0.3 is 10.6 Å². The average molecular weight is 306 g/mol. The number of hydrogen-bond donors (Lipinski definition) is 1. The van der Waals surface area contributed by atoms with Crippen LogP contribution in [-0.4, -0.2) is 28.9 Å². The standard InChI is InChI=1S/C13H23N3OS.ClH/c1-3-5-7-16(8-6-4-2)13(17)11-10-18-12(9-14)15-11;/h10H,3-9,14H2,1-2H3;1H. The Morgan fingerprint density at radius 1 is 1.32 bits per heavy atom. The van der Waals surface area contributed by atoms with E-state index in [0.717, 1.165) is 43.8 Å². The highest BCUT2D eigenvalue weighted by molar-refractivity contribution is 7.09. The predicted molar refractivity (Wildman–Crippen MR) is 83.0 cm³/mol. The summed E-state index contributed by atoms with van der Waals surface area (Å²) >= 11 is 1.46. The van der Waals surface area contributed by atoms with Crippen LogP contribution in [0.15, 0.2) is 5.38 Å². The van der Waals surface area contributed by atoms with Gasteiger partial charge in [0.25, 0.3) is 5.91 Å². The SMILES string of the molecule is CCCCN(CCCC)C(=O)c1csc(CN)n1.Cl. The van der Waals surface area contributed by atoms with Crippen LogP contribution >= 0.6 is 23.7 Å². The molecule has 1 heterocycles. The fraction of sp³-hybridized carbons (Fsp3) is 0.692. The van der Waals surface area contributed by atoms with E-state index >= 15 is 0 Å². The number of nitrogens with zero attached hydrogens (tertiary/aromatic N) is 2. The quantitative estimate of drug-likeness (QED) is 0.803. The fourth-order valence-corrected chi connectivity index (χ4v) is 2.33. The molecular formula is C13H24ClN3OS. The summed E-state index contributed by atoms with van der Waals surface area (Å²) in [7, 11) is 0. The molecule has 0 spiro atoms. The minimum Gasteiger partial charge on any atom is -0.337 e. The first-order valence-corrected chi connectivity index (χ1v) is 7.54. The van der Waals surface area contributed by atoms with Crippen molar-refractivity contribution in [3.8, 4) is 0 Å². The molecule has 19 heavy (non-hydrogen) atoms. The van der Waals surface area contributed by atoms with Crippen LogP contribution in [0.4, 0.5) is 0 Å². The summed E-state index contributed by atoms with van der Waals surface area (Å²) in [5, 5.41) is 2.64. The molecule has 0 aliphatic heterocycles. The first-order chi connectivity index (χ1) is 8.72. The third kappa shape index (κ3) is 5.89. The number of unbranched alkanes of at least 4 members (excludes halogenated alkanes) is 2. The number of aromatic nitrogens is 1. The van der Waals surface area contributed by atoms with Crippen LogP contribution in [0.25, 0.3) is 0 Å². The van der Waals surface area contributed by atoms with Crippen LogP contribution in [-0.2, 0) is 6.54 Å². The van der Waals surface area contributed by atoms with E-state index in [9.17, 15) is 4.79 Å². The average Bonchev–Trinajstić information content (AvgIpc) is 2.87. The lowest BCUT2D eigenvalue weighted by Crippen LogP contribution is -2.33. The molecule has 0 radical (unpaired) electrons. The maximum absolute atomic E-state index is 12.3. The van der Waals surface area contributed by atoms with Crippen LogP contribution < -0.4 is 5.73 Å². The van der Waals surface area contributed by atoms with Gasteiger partial charge in [-0.1, -0.05) is 26.7 Å². The van der Waals surface area contributed by atoms with Crippen LogP contribution in [0.5, 0.6) is 0 Å². The smallest absolute Gasteiger partial charge is 0.273 e. The summed E-state index contributed by atoms with van der Waals surface area (Å²) in [6, 6.07) is 0. The van der Waals surface area contributed by atoms with Crippen molar-refractivity contribution in [2.24, 2.45) is 5.73 Å². The second-order valence-electron chi connectivity index (χ2n) is 4.33. The van der Waals surface area contributed by atoms with Crippen molar-refractivity contribution in [2.75, 3.05) is 13.1 Å². The lowest BCUT2D eigenvalue weighted by molar-refractivity contribution is 0.0746. The van der Waals surface area contributed by atoms with Gasteiger partial charge in [-0.05, 0) is 12.8 Å². The van der Waals surface area contributed by atoms with Crippen LogP contribution in [0.3, 0.4) is 0 Å². The Balaban J connectivity index is 0.00000324. The Kier molecular flexibility index (Phi) is 9.83. The highest BCUT2D eigenvalue weighted by Gasteiger charge is 2.17. The molecule has 1 aromatic rings. The van der Waals surface area contributed by atoms with E-state index < -0.39 is 0 Å². The fourth-order valence-electron chi connectivity index (χ4n) is 1.68. The van der Waals surface area contributed by atoms with Crippen molar-refractivity contribution in [3.63, 3.8) is 0 Å². The molecule has 0 aliphatic carbocycles. The molecule has 110 valence electrons. The maximum atomic E-state index is 12.3. The van der Waals surface area contributed by atoms with Gasteiger partial charge in [-0.25, -0.2) is 4.98 Å². The number of hydrogen-bond acceptors (Lipinski definition) is 4. The molecule has 0 unspecified atom stereocenters. The Bertz CT molecular complexity index is 363. The van der Waals surface area contributed by atoms with Gasteiger partial charge in [-0.15, -0.1) is 23.7 Å². The third-order valence-corrected chi connectivity index (χ3v) is 3.67. The Hall–Kier alpha value is -0.650. The van der Waals surface area contributed by atoms with Crippen molar-refractivity contribution in [2.45, 2.75) is 46.1 Å². The Morgan fingerprint density at radius 3 is 2.32 bits per heavy atom. The summed E-state index contributed by atoms with van der Waals surface area (Å²) in [4.78, 5) is 18.5. The summed E-state index contributed by atoms with van der Waals surface area (Å²) < 4.78 is 0. The minimum absolute atomic E-state index is 0. The van der Waals surface area contributed by atoms with Crippen LogP contribution in [0.1, 0.15) is 55.0 Å². The van der Waals surface area contributed by atoms with Gasteiger partial charge in [0.15, 0.2) is 0 Å². The van der Waals surface area contributed by atoms with Gasteiger partial charge in [0, 0.05) is 25.0 Å². The first-order valence-electron chi connectivity index (χ1n) is 6.66. The van der Waals surface area contributed by atoms with E-state index in [0.29, 0.717) is 12.2 Å². The highest BCUT2D eigenvalue weighted by Crippen LogP contribution is 2.12. The van der Waals surface area contributed by atoms with E-state index in [1.54, 1.807) is 0 Å². The second kappa shape index (κ2) is 10.2. The minimum atomic E-state index is 0. The van der Waals surface area contributed by atoms with E-state index in [1.165, 1.54) is 11.3 Å². The normalized spacial score (nSPS) is 10.1. The van der Waals surface area contributed by atoms with Crippen molar-refractivity contribution < 1.29 is 4.79 Å². The monoisotopic (exact) mass is 305 g/mol. The molecule has 0 fully saturated rings. The van der Waals surface area contributed by atoms with Crippen molar-refractivity contribution >= 4 is 29.7 Å². The molecule has 0 atom stereocenters. The van der Waals surface area contributed by atoms with E-state index in [2.05, 4.69) is 18.8 Å². The molecule has 1 rings (SSSR count). The highest BCUT2D eigenvalue weighted by atomic mass is 35.5.